The van der Waals surface area contributed by atoms with Crippen LogP contribution in [0.3, 0.4) is 0 Å². The Morgan fingerprint density at radius 3 is 2.57 bits per heavy atom. The molecule has 4 heteroatoms. The van der Waals surface area contributed by atoms with Crippen LogP contribution in [0.25, 0.3) is 0 Å². The first kappa shape index (κ1) is 16.8. The molecule has 112 valence electrons. The van der Waals surface area contributed by atoms with E-state index < -0.39 is 11.4 Å². The van der Waals surface area contributed by atoms with Gasteiger partial charge in [-0.1, -0.05) is 24.3 Å². The van der Waals surface area contributed by atoms with Crippen LogP contribution in [0.4, 0.5) is 0 Å². The number of unbranched alkanes of at least 4 members (excludes halogenated alkanes) is 2. The number of nitrogens with zero attached hydrogens (tertiary/aromatic N) is 1. The molecule has 0 aliphatic carbocycles. The smallest absolute Gasteiger partial charge is 0.314 e. The summed E-state index contributed by atoms with van der Waals surface area (Å²) in [6.07, 6.45) is 6.38. The van der Waals surface area contributed by atoms with Crippen molar-refractivity contribution in [1.29, 1.82) is 5.26 Å². The van der Waals surface area contributed by atoms with Crippen molar-refractivity contribution in [1.82, 2.24) is 0 Å². The van der Waals surface area contributed by atoms with Gasteiger partial charge in [0, 0.05) is 6.42 Å². The molecule has 0 saturated carbocycles. The lowest BCUT2D eigenvalue weighted by Gasteiger charge is -2.24. The fourth-order valence-corrected chi connectivity index (χ4v) is 2.02. The van der Waals surface area contributed by atoms with E-state index in [9.17, 15) is 9.90 Å². The third-order valence-electron chi connectivity index (χ3n) is 3.55. The van der Waals surface area contributed by atoms with Crippen LogP contribution in [0.15, 0.2) is 36.4 Å². The van der Waals surface area contributed by atoms with Crippen LogP contribution >= 0.6 is 0 Å². The van der Waals surface area contributed by atoms with Gasteiger partial charge in [-0.3, -0.25) is 4.79 Å². The lowest BCUT2D eigenvalue weighted by molar-refractivity contribution is -0.143. The highest BCUT2D eigenvalue weighted by Crippen LogP contribution is 2.30. The molecule has 0 spiro atoms. The molecule has 0 aliphatic rings. The van der Waals surface area contributed by atoms with Gasteiger partial charge in [0.1, 0.15) is 5.75 Å². The predicted octanol–water partition coefficient (Wildman–Crippen LogP) is 3.68. The first-order valence-corrected chi connectivity index (χ1v) is 6.94. The zero-order chi connectivity index (χ0) is 15.7. The minimum Gasteiger partial charge on any atom is -0.497 e. The number of nitriles is 1. The van der Waals surface area contributed by atoms with E-state index in [0.29, 0.717) is 18.6 Å². The second kappa shape index (κ2) is 8.11. The maximum Gasteiger partial charge on any atom is 0.314 e. The van der Waals surface area contributed by atoms with Gasteiger partial charge in [-0.25, -0.2) is 0 Å². The Morgan fingerprint density at radius 2 is 2.05 bits per heavy atom. The van der Waals surface area contributed by atoms with Gasteiger partial charge in [-0.15, -0.1) is 0 Å². The highest BCUT2D eigenvalue weighted by Gasteiger charge is 2.33. The molecule has 1 N–H and O–H groups in total. The molecule has 4 nitrogen and oxygen atoms in total. The molecule has 1 aromatic rings. The van der Waals surface area contributed by atoms with Gasteiger partial charge in [0.15, 0.2) is 0 Å². The summed E-state index contributed by atoms with van der Waals surface area (Å²) in [5, 5.41) is 18.0. The van der Waals surface area contributed by atoms with Crippen LogP contribution in [0.2, 0.25) is 0 Å². The Labute approximate surface area is 125 Å². The maximum atomic E-state index is 11.6. The monoisotopic (exact) mass is 287 g/mol. The van der Waals surface area contributed by atoms with E-state index >= 15 is 0 Å². The van der Waals surface area contributed by atoms with Gasteiger partial charge >= 0.3 is 5.97 Å². The third-order valence-corrected chi connectivity index (χ3v) is 3.55. The molecule has 0 unspecified atom stereocenters. The number of hydrogen-bond donors (Lipinski definition) is 1. The number of benzene rings is 1. The summed E-state index contributed by atoms with van der Waals surface area (Å²) in [6, 6.07) is 9.21. The number of carboxylic acid groups (broad SMARTS) is 1. The van der Waals surface area contributed by atoms with Crippen molar-refractivity contribution in [3.05, 3.63) is 42.0 Å². The molecule has 1 aromatic carbocycles. The number of methoxy groups -OCH3 is 1. The van der Waals surface area contributed by atoms with Crippen molar-refractivity contribution >= 4 is 5.97 Å². The topological polar surface area (TPSA) is 70.3 Å². The Hall–Kier alpha value is -2.28. The summed E-state index contributed by atoms with van der Waals surface area (Å²) in [7, 11) is 1.58. The second-order valence-corrected chi connectivity index (χ2v) is 5.09. The van der Waals surface area contributed by atoms with Crippen LogP contribution in [-0.4, -0.2) is 18.2 Å². The molecule has 1 rings (SSSR count). The van der Waals surface area contributed by atoms with E-state index in [4.69, 9.17) is 10.00 Å². The van der Waals surface area contributed by atoms with Crippen LogP contribution in [0, 0.1) is 11.3 Å². The number of ether oxygens (including phenoxy) is 1. The van der Waals surface area contributed by atoms with Gasteiger partial charge in [0.2, 0.25) is 0 Å². The molecule has 21 heavy (non-hydrogen) atoms. The number of hydrogen-bond acceptors (Lipinski definition) is 3. The number of rotatable bonds is 8. The highest BCUT2D eigenvalue weighted by atomic mass is 16.5. The highest BCUT2D eigenvalue weighted by molar-refractivity contribution is 5.81. The van der Waals surface area contributed by atoms with E-state index in [0.717, 1.165) is 18.4 Å². The van der Waals surface area contributed by atoms with Crippen molar-refractivity contribution in [2.45, 2.75) is 38.0 Å². The van der Waals surface area contributed by atoms with E-state index in [1.807, 2.05) is 12.2 Å². The first-order chi connectivity index (χ1) is 10.0. The summed E-state index contributed by atoms with van der Waals surface area (Å²) in [5.74, 6) is -0.145. The van der Waals surface area contributed by atoms with E-state index in [-0.39, 0.29) is 0 Å². The summed E-state index contributed by atoms with van der Waals surface area (Å²) in [5.41, 5.74) is -0.213. The van der Waals surface area contributed by atoms with Gasteiger partial charge < -0.3 is 9.84 Å². The van der Waals surface area contributed by atoms with Crippen LogP contribution < -0.4 is 4.74 Å². The molecular weight excluding hydrogens is 266 g/mol. The lowest BCUT2D eigenvalue weighted by atomic mass is 9.79. The molecular formula is C17H21NO3. The molecule has 0 aromatic heterocycles. The molecule has 0 aliphatic heterocycles. The SMILES string of the molecule is COc1ccc([C@@](C)(C/C=C/CCCC#N)C(=O)O)cc1. The quantitative estimate of drug-likeness (QED) is 0.585. The minimum absolute atomic E-state index is 0.418. The molecule has 0 radical (unpaired) electrons. The molecule has 0 fully saturated rings. The summed E-state index contributed by atoms with van der Waals surface area (Å²) < 4.78 is 5.09. The van der Waals surface area contributed by atoms with Crippen LogP contribution in [0.1, 0.15) is 38.2 Å². The van der Waals surface area contributed by atoms with E-state index in [1.165, 1.54) is 0 Å². The second-order valence-electron chi connectivity index (χ2n) is 5.09. The van der Waals surface area contributed by atoms with Gasteiger partial charge in [-0.2, -0.15) is 5.26 Å². The van der Waals surface area contributed by atoms with E-state index in [2.05, 4.69) is 6.07 Å². The largest absolute Gasteiger partial charge is 0.497 e. The number of carbonyl (C=O) groups is 1. The number of carboxylic acids is 1. The van der Waals surface area contributed by atoms with Crippen molar-refractivity contribution in [2.75, 3.05) is 7.11 Å². The Morgan fingerprint density at radius 1 is 1.38 bits per heavy atom. The van der Waals surface area contributed by atoms with E-state index in [1.54, 1.807) is 38.3 Å². The van der Waals surface area contributed by atoms with Crippen LogP contribution in [0.5, 0.6) is 5.75 Å². The Kier molecular flexibility index (Phi) is 6.48. The van der Waals surface area contributed by atoms with Gasteiger partial charge in [0.05, 0.1) is 18.6 Å². The van der Waals surface area contributed by atoms with Crippen LogP contribution in [-0.2, 0) is 10.2 Å². The van der Waals surface area contributed by atoms with Gasteiger partial charge in [0.25, 0.3) is 0 Å². The third kappa shape index (κ3) is 4.64. The Bertz CT molecular complexity index is 528. The summed E-state index contributed by atoms with van der Waals surface area (Å²) in [6.45, 7) is 1.72. The molecule has 1 atom stereocenters. The zero-order valence-electron chi connectivity index (χ0n) is 12.5. The average molecular weight is 287 g/mol. The molecule has 0 saturated heterocycles. The summed E-state index contributed by atoms with van der Waals surface area (Å²) >= 11 is 0. The number of allylic oxidation sites excluding steroid dienone is 2. The van der Waals surface area contributed by atoms with Gasteiger partial charge in [-0.05, 0) is 43.9 Å². The molecule has 0 bridgehead atoms. The Balaban J connectivity index is 2.78. The van der Waals surface area contributed by atoms with Crippen molar-refractivity contribution in [2.24, 2.45) is 0 Å². The lowest BCUT2D eigenvalue weighted by Crippen LogP contribution is -2.31. The summed E-state index contributed by atoms with van der Waals surface area (Å²) in [4.78, 5) is 11.6. The zero-order valence-corrected chi connectivity index (χ0v) is 12.5. The normalized spacial score (nSPS) is 13.6. The minimum atomic E-state index is -0.960. The van der Waals surface area contributed by atoms with Crippen molar-refractivity contribution in [3.8, 4) is 11.8 Å². The number of aliphatic carboxylic acids is 1. The standard InChI is InChI=1S/C17H21NO3/c1-17(16(19)20,12-6-4-3-5-7-13-18)14-8-10-15(21-2)11-9-14/h4,6,8-11H,3,5,7,12H2,1-2H3,(H,19,20)/b6-4+/t17-/m1/s1. The fraction of sp³-hybridized carbons (Fsp3) is 0.412. The fourth-order valence-electron chi connectivity index (χ4n) is 2.02. The van der Waals surface area contributed by atoms with Crippen molar-refractivity contribution < 1.29 is 14.6 Å². The molecule has 0 heterocycles. The average Bonchev–Trinajstić information content (AvgIpc) is 2.50. The molecule has 0 amide bonds. The first-order valence-electron chi connectivity index (χ1n) is 6.94. The maximum absolute atomic E-state index is 11.6. The predicted molar refractivity (Wildman–Crippen MR) is 81.2 cm³/mol. The van der Waals surface area contributed by atoms with Crippen molar-refractivity contribution in [3.63, 3.8) is 0 Å².